The van der Waals surface area contributed by atoms with E-state index < -0.39 is 23.4 Å². The van der Waals surface area contributed by atoms with Crippen molar-refractivity contribution in [1.29, 1.82) is 0 Å². The van der Waals surface area contributed by atoms with Crippen LogP contribution in [0.1, 0.15) is 23.0 Å². The summed E-state index contributed by atoms with van der Waals surface area (Å²) in [6.45, 7) is 1.52. The van der Waals surface area contributed by atoms with Gasteiger partial charge < -0.3 is 9.26 Å². The first-order chi connectivity index (χ1) is 11.6. The van der Waals surface area contributed by atoms with Crippen LogP contribution in [-0.4, -0.2) is 32.5 Å². The minimum atomic E-state index is -0.912. The molecule has 0 aromatic carbocycles. The van der Waals surface area contributed by atoms with Crippen molar-refractivity contribution >= 4 is 5.97 Å². The van der Waals surface area contributed by atoms with Gasteiger partial charge in [0, 0.05) is 17.8 Å². The van der Waals surface area contributed by atoms with E-state index in [0.29, 0.717) is 0 Å². The van der Waals surface area contributed by atoms with Gasteiger partial charge in [0.25, 0.3) is 0 Å². The monoisotopic (exact) mass is 334 g/mol. The molecule has 3 heterocycles. The summed E-state index contributed by atoms with van der Waals surface area (Å²) in [4.78, 5) is 15.4. The second-order valence-electron chi connectivity index (χ2n) is 4.73. The third kappa shape index (κ3) is 2.87. The van der Waals surface area contributed by atoms with E-state index in [1.165, 1.54) is 24.6 Å². The summed E-state index contributed by atoms with van der Waals surface area (Å²) in [6, 6.07) is 4.43. The maximum atomic E-state index is 14.7. The SMILES string of the molecule is CCOC(=O)c1nn(Cc2cccnc2F)c(-c2ccon2)c1F. The summed E-state index contributed by atoms with van der Waals surface area (Å²) in [5, 5.41) is 7.57. The number of hydrogen-bond acceptors (Lipinski definition) is 6. The highest BCUT2D eigenvalue weighted by Gasteiger charge is 2.27. The highest BCUT2D eigenvalue weighted by molar-refractivity contribution is 5.89. The minimum absolute atomic E-state index is 0.0711. The summed E-state index contributed by atoms with van der Waals surface area (Å²) in [7, 11) is 0. The van der Waals surface area contributed by atoms with Gasteiger partial charge in [-0.1, -0.05) is 11.2 Å². The Labute approximate surface area is 134 Å². The number of halogens is 2. The summed E-state index contributed by atoms with van der Waals surface area (Å²) >= 11 is 0. The second kappa shape index (κ2) is 6.57. The molecule has 0 atom stereocenters. The van der Waals surface area contributed by atoms with E-state index in [2.05, 4.69) is 15.2 Å². The molecule has 0 amide bonds. The molecule has 3 rings (SSSR count). The van der Waals surface area contributed by atoms with Crippen LogP contribution in [0.25, 0.3) is 11.4 Å². The van der Waals surface area contributed by atoms with E-state index in [-0.39, 0.29) is 30.1 Å². The number of ether oxygens (including phenoxy) is 1. The molecule has 7 nitrogen and oxygen atoms in total. The fourth-order valence-electron chi connectivity index (χ4n) is 2.16. The number of aromatic nitrogens is 4. The summed E-state index contributed by atoms with van der Waals surface area (Å²) in [5.74, 6) is -2.53. The van der Waals surface area contributed by atoms with Crippen LogP contribution in [0, 0.1) is 11.8 Å². The van der Waals surface area contributed by atoms with Crippen LogP contribution in [0.2, 0.25) is 0 Å². The van der Waals surface area contributed by atoms with Crippen molar-refractivity contribution in [3.8, 4) is 11.4 Å². The van der Waals surface area contributed by atoms with Gasteiger partial charge in [-0.25, -0.2) is 14.2 Å². The van der Waals surface area contributed by atoms with Crippen molar-refractivity contribution in [2.24, 2.45) is 0 Å². The smallest absolute Gasteiger partial charge is 0.361 e. The molecule has 0 bridgehead atoms. The standard InChI is InChI=1S/C15H12F2N4O3/c1-2-23-15(22)12-11(16)13(10-5-7-24-20-10)21(19-12)8-9-4-3-6-18-14(9)17/h3-7H,2,8H2,1H3. The lowest BCUT2D eigenvalue weighted by Crippen LogP contribution is -2.09. The number of hydrogen-bond donors (Lipinski definition) is 0. The zero-order valence-corrected chi connectivity index (χ0v) is 12.6. The molecule has 0 saturated heterocycles. The molecular formula is C15H12F2N4O3. The summed E-state index contributed by atoms with van der Waals surface area (Å²) in [5.41, 5.74) is -0.297. The predicted octanol–water partition coefficient (Wildman–Crippen LogP) is 2.44. The molecule has 9 heteroatoms. The quantitative estimate of drug-likeness (QED) is 0.526. The lowest BCUT2D eigenvalue weighted by molar-refractivity contribution is 0.0513. The van der Waals surface area contributed by atoms with Crippen LogP contribution in [0.15, 0.2) is 35.2 Å². The van der Waals surface area contributed by atoms with Crippen molar-refractivity contribution in [3.05, 3.63) is 53.7 Å². The molecule has 124 valence electrons. The van der Waals surface area contributed by atoms with E-state index >= 15 is 0 Å². The number of carbonyl (C=O) groups excluding carboxylic acids is 1. The Bertz CT molecular complexity index is 862. The van der Waals surface area contributed by atoms with E-state index in [0.717, 1.165) is 4.68 Å². The number of esters is 1. The van der Waals surface area contributed by atoms with Crippen LogP contribution in [0.3, 0.4) is 0 Å². The number of nitrogens with zero attached hydrogens (tertiary/aromatic N) is 4. The van der Waals surface area contributed by atoms with Crippen molar-refractivity contribution < 1.29 is 22.8 Å². The first-order valence-electron chi connectivity index (χ1n) is 7.05. The van der Waals surface area contributed by atoms with Crippen LogP contribution in [0.5, 0.6) is 0 Å². The number of carbonyl (C=O) groups is 1. The molecule has 0 saturated carbocycles. The van der Waals surface area contributed by atoms with Crippen molar-refractivity contribution in [1.82, 2.24) is 19.9 Å². The molecule has 0 unspecified atom stereocenters. The van der Waals surface area contributed by atoms with Crippen molar-refractivity contribution in [2.75, 3.05) is 6.61 Å². The highest BCUT2D eigenvalue weighted by atomic mass is 19.1. The van der Waals surface area contributed by atoms with Crippen molar-refractivity contribution in [3.63, 3.8) is 0 Å². The van der Waals surface area contributed by atoms with Crippen LogP contribution in [0.4, 0.5) is 8.78 Å². The molecule has 0 N–H and O–H groups in total. The van der Waals surface area contributed by atoms with Gasteiger partial charge in [-0.15, -0.1) is 0 Å². The van der Waals surface area contributed by atoms with Gasteiger partial charge in [-0.3, -0.25) is 4.68 Å². The van der Waals surface area contributed by atoms with E-state index in [9.17, 15) is 13.6 Å². The Kier molecular flexibility index (Phi) is 4.32. The number of rotatable bonds is 5. The Morgan fingerprint density at radius 3 is 2.88 bits per heavy atom. The Hall–Kier alpha value is -3.10. The van der Waals surface area contributed by atoms with Crippen molar-refractivity contribution in [2.45, 2.75) is 13.5 Å². The molecule has 3 aromatic rings. The Morgan fingerprint density at radius 2 is 2.21 bits per heavy atom. The topological polar surface area (TPSA) is 83.0 Å². The molecule has 0 aliphatic heterocycles. The minimum Gasteiger partial charge on any atom is -0.461 e. The average Bonchev–Trinajstić information content (AvgIpc) is 3.18. The lowest BCUT2D eigenvalue weighted by Gasteiger charge is -2.05. The molecule has 3 aromatic heterocycles. The first kappa shape index (κ1) is 15.8. The van der Waals surface area contributed by atoms with E-state index in [4.69, 9.17) is 9.26 Å². The zero-order chi connectivity index (χ0) is 17.1. The van der Waals surface area contributed by atoms with Gasteiger partial charge in [-0.2, -0.15) is 9.49 Å². The van der Waals surface area contributed by atoms with Gasteiger partial charge >= 0.3 is 5.97 Å². The molecule has 0 spiro atoms. The summed E-state index contributed by atoms with van der Waals surface area (Å²) in [6.07, 6.45) is 2.55. The predicted molar refractivity (Wildman–Crippen MR) is 76.9 cm³/mol. The highest BCUT2D eigenvalue weighted by Crippen LogP contribution is 2.25. The lowest BCUT2D eigenvalue weighted by atomic mass is 10.2. The van der Waals surface area contributed by atoms with Crippen LogP contribution >= 0.6 is 0 Å². The molecular weight excluding hydrogens is 322 g/mol. The third-order valence-electron chi connectivity index (χ3n) is 3.20. The van der Waals surface area contributed by atoms with Gasteiger partial charge in [0.05, 0.1) is 13.2 Å². The van der Waals surface area contributed by atoms with Gasteiger partial charge in [0.15, 0.2) is 5.82 Å². The van der Waals surface area contributed by atoms with Crippen LogP contribution < -0.4 is 0 Å². The maximum absolute atomic E-state index is 14.7. The first-order valence-corrected chi connectivity index (χ1v) is 7.05. The zero-order valence-electron chi connectivity index (χ0n) is 12.6. The fourth-order valence-corrected chi connectivity index (χ4v) is 2.16. The molecule has 0 fully saturated rings. The van der Waals surface area contributed by atoms with Crippen LogP contribution in [-0.2, 0) is 11.3 Å². The maximum Gasteiger partial charge on any atom is 0.361 e. The fraction of sp³-hybridized carbons (Fsp3) is 0.200. The van der Waals surface area contributed by atoms with Gasteiger partial charge in [0.1, 0.15) is 17.7 Å². The Morgan fingerprint density at radius 1 is 1.38 bits per heavy atom. The Balaban J connectivity index is 2.08. The van der Waals surface area contributed by atoms with E-state index in [1.54, 1.807) is 13.0 Å². The molecule has 0 aliphatic rings. The normalized spacial score (nSPS) is 10.8. The van der Waals surface area contributed by atoms with Gasteiger partial charge in [0.2, 0.25) is 11.6 Å². The number of pyridine rings is 1. The van der Waals surface area contributed by atoms with Gasteiger partial charge in [-0.05, 0) is 13.0 Å². The third-order valence-corrected chi connectivity index (χ3v) is 3.20. The molecule has 0 aliphatic carbocycles. The average molecular weight is 334 g/mol. The largest absolute Gasteiger partial charge is 0.461 e. The second-order valence-corrected chi connectivity index (χ2v) is 4.73. The molecule has 24 heavy (non-hydrogen) atoms. The van der Waals surface area contributed by atoms with E-state index in [1.807, 2.05) is 0 Å². The summed E-state index contributed by atoms with van der Waals surface area (Å²) < 4.78 is 39.0. The molecule has 0 radical (unpaired) electrons.